The van der Waals surface area contributed by atoms with Crippen LogP contribution >= 0.6 is 0 Å². The number of rotatable bonds is 2. The van der Waals surface area contributed by atoms with E-state index in [-0.39, 0.29) is 0 Å². The van der Waals surface area contributed by atoms with Gasteiger partial charge in [-0.15, -0.1) is 15.3 Å². The second kappa shape index (κ2) is 5.01. The molecule has 0 unspecified atom stereocenters. The highest BCUT2D eigenvalue weighted by Crippen LogP contribution is 2.19. The zero-order valence-corrected chi connectivity index (χ0v) is 13.2. The molecule has 0 saturated carbocycles. The number of aromatic nitrogens is 6. The van der Waals surface area contributed by atoms with E-state index in [1.54, 1.807) is 4.52 Å². The molecule has 4 aromatic rings. The molecule has 0 N–H and O–H groups in total. The molecule has 0 saturated heterocycles. The van der Waals surface area contributed by atoms with Crippen LogP contribution in [0.25, 0.3) is 22.9 Å². The fourth-order valence-corrected chi connectivity index (χ4v) is 2.64. The Bertz CT molecular complexity index is 994. The van der Waals surface area contributed by atoms with Crippen LogP contribution in [-0.2, 0) is 0 Å². The van der Waals surface area contributed by atoms with Crippen molar-refractivity contribution in [1.82, 2.24) is 29.6 Å². The van der Waals surface area contributed by atoms with E-state index < -0.39 is 0 Å². The molecule has 0 aliphatic carbocycles. The fraction of sp³-hybridized carbons (Fsp3) is 0.176. The quantitative estimate of drug-likeness (QED) is 0.571. The van der Waals surface area contributed by atoms with E-state index in [2.05, 4.69) is 39.5 Å². The van der Waals surface area contributed by atoms with Crippen molar-refractivity contribution in [2.45, 2.75) is 20.8 Å². The lowest BCUT2D eigenvalue weighted by Gasteiger charge is -2.05. The van der Waals surface area contributed by atoms with E-state index in [1.807, 2.05) is 48.9 Å². The largest absolute Gasteiger partial charge is 0.218 e. The summed E-state index contributed by atoms with van der Waals surface area (Å²) in [6.45, 7) is 6.04. The predicted octanol–water partition coefficient (Wildman–Crippen LogP) is 2.90. The first-order valence-corrected chi connectivity index (χ1v) is 7.45. The zero-order chi connectivity index (χ0) is 16.0. The molecule has 0 radical (unpaired) electrons. The molecular weight excluding hydrogens is 288 g/mol. The van der Waals surface area contributed by atoms with Gasteiger partial charge in [-0.3, -0.25) is 0 Å². The van der Waals surface area contributed by atoms with Crippen molar-refractivity contribution in [2.24, 2.45) is 0 Å². The molecule has 0 aliphatic heterocycles. The number of benzene rings is 1. The third-order valence-electron chi connectivity index (χ3n) is 3.79. The van der Waals surface area contributed by atoms with Crippen molar-refractivity contribution in [3.8, 4) is 17.2 Å². The average molecular weight is 304 g/mol. The van der Waals surface area contributed by atoms with Crippen molar-refractivity contribution in [3.63, 3.8) is 0 Å². The maximum absolute atomic E-state index is 4.67. The van der Waals surface area contributed by atoms with Gasteiger partial charge < -0.3 is 0 Å². The molecule has 4 rings (SSSR count). The van der Waals surface area contributed by atoms with Gasteiger partial charge in [0.15, 0.2) is 17.3 Å². The third kappa shape index (κ3) is 2.28. The molecule has 0 bridgehead atoms. The van der Waals surface area contributed by atoms with Crippen LogP contribution < -0.4 is 0 Å². The maximum Gasteiger partial charge on any atom is 0.185 e. The lowest BCUT2D eigenvalue weighted by Crippen LogP contribution is -2.06. The smallest absolute Gasteiger partial charge is 0.185 e. The predicted molar refractivity (Wildman–Crippen MR) is 87.6 cm³/mol. The summed E-state index contributed by atoms with van der Waals surface area (Å²) in [5.41, 5.74) is 4.91. The summed E-state index contributed by atoms with van der Waals surface area (Å²) < 4.78 is 3.59. The van der Waals surface area contributed by atoms with Crippen molar-refractivity contribution in [2.75, 3.05) is 0 Å². The molecule has 23 heavy (non-hydrogen) atoms. The Kier molecular flexibility index (Phi) is 2.97. The SMILES string of the molecule is Cc1ccc(-c2nnc3ccc(-n4nc(C)cc4C)nn23)cc1. The molecule has 0 spiro atoms. The first-order valence-electron chi connectivity index (χ1n) is 7.45. The number of aryl methyl sites for hydroxylation is 3. The van der Waals surface area contributed by atoms with Crippen molar-refractivity contribution < 1.29 is 0 Å². The van der Waals surface area contributed by atoms with Gasteiger partial charge in [0.25, 0.3) is 0 Å². The van der Waals surface area contributed by atoms with Crippen LogP contribution in [0.15, 0.2) is 42.5 Å². The van der Waals surface area contributed by atoms with E-state index in [0.29, 0.717) is 5.65 Å². The normalized spacial score (nSPS) is 11.3. The molecule has 114 valence electrons. The first kappa shape index (κ1) is 13.6. The van der Waals surface area contributed by atoms with Gasteiger partial charge in [-0.2, -0.15) is 9.61 Å². The Labute approximate surface area is 133 Å². The second-order valence-electron chi connectivity index (χ2n) is 5.69. The molecule has 6 nitrogen and oxygen atoms in total. The van der Waals surface area contributed by atoms with E-state index in [0.717, 1.165) is 28.6 Å². The summed E-state index contributed by atoms with van der Waals surface area (Å²) in [7, 11) is 0. The number of hydrogen-bond acceptors (Lipinski definition) is 4. The van der Waals surface area contributed by atoms with Crippen LogP contribution in [0.5, 0.6) is 0 Å². The van der Waals surface area contributed by atoms with Crippen LogP contribution in [0.4, 0.5) is 0 Å². The van der Waals surface area contributed by atoms with Gasteiger partial charge in [-0.25, -0.2) is 4.68 Å². The summed E-state index contributed by atoms with van der Waals surface area (Å²) in [6.07, 6.45) is 0. The maximum atomic E-state index is 4.67. The van der Waals surface area contributed by atoms with E-state index in [1.165, 1.54) is 5.56 Å². The Morgan fingerprint density at radius 3 is 2.30 bits per heavy atom. The van der Waals surface area contributed by atoms with Gasteiger partial charge in [-0.05, 0) is 39.0 Å². The summed E-state index contributed by atoms with van der Waals surface area (Å²) >= 11 is 0. The Morgan fingerprint density at radius 2 is 1.61 bits per heavy atom. The average Bonchev–Trinajstić information content (AvgIpc) is 3.10. The van der Waals surface area contributed by atoms with E-state index in [9.17, 15) is 0 Å². The Balaban J connectivity index is 1.89. The second-order valence-corrected chi connectivity index (χ2v) is 5.69. The first-order chi connectivity index (χ1) is 11.1. The van der Waals surface area contributed by atoms with Gasteiger partial charge in [0.05, 0.1) is 5.69 Å². The summed E-state index contributed by atoms with van der Waals surface area (Å²) in [5, 5.41) is 17.6. The summed E-state index contributed by atoms with van der Waals surface area (Å²) in [5.74, 6) is 1.47. The number of nitrogens with zero attached hydrogens (tertiary/aromatic N) is 6. The van der Waals surface area contributed by atoms with Crippen LogP contribution in [0, 0.1) is 20.8 Å². The highest BCUT2D eigenvalue weighted by atomic mass is 15.4. The molecule has 0 amide bonds. The van der Waals surface area contributed by atoms with Gasteiger partial charge in [-0.1, -0.05) is 29.8 Å². The van der Waals surface area contributed by atoms with Crippen molar-refractivity contribution in [1.29, 1.82) is 0 Å². The van der Waals surface area contributed by atoms with Crippen molar-refractivity contribution in [3.05, 3.63) is 59.4 Å². The van der Waals surface area contributed by atoms with Crippen LogP contribution in [0.3, 0.4) is 0 Å². The molecular formula is C17H16N6. The van der Waals surface area contributed by atoms with Gasteiger partial charge in [0.1, 0.15) is 0 Å². The van der Waals surface area contributed by atoms with Crippen LogP contribution in [0.1, 0.15) is 17.0 Å². The Morgan fingerprint density at radius 1 is 0.826 bits per heavy atom. The number of hydrogen-bond donors (Lipinski definition) is 0. The van der Waals surface area contributed by atoms with Gasteiger partial charge >= 0.3 is 0 Å². The van der Waals surface area contributed by atoms with Gasteiger partial charge in [0, 0.05) is 11.3 Å². The fourth-order valence-electron chi connectivity index (χ4n) is 2.64. The summed E-state index contributed by atoms with van der Waals surface area (Å²) in [6, 6.07) is 14.0. The highest BCUT2D eigenvalue weighted by molar-refractivity contribution is 5.59. The highest BCUT2D eigenvalue weighted by Gasteiger charge is 2.12. The van der Waals surface area contributed by atoms with Gasteiger partial charge in [0.2, 0.25) is 0 Å². The minimum absolute atomic E-state index is 0.714. The summed E-state index contributed by atoms with van der Waals surface area (Å²) in [4.78, 5) is 0. The molecule has 0 aliphatic rings. The molecule has 3 heterocycles. The van der Waals surface area contributed by atoms with Crippen LogP contribution in [-0.4, -0.2) is 29.6 Å². The van der Waals surface area contributed by atoms with Crippen molar-refractivity contribution >= 4 is 5.65 Å². The minimum Gasteiger partial charge on any atom is -0.218 e. The number of fused-ring (bicyclic) bond motifs is 1. The zero-order valence-electron chi connectivity index (χ0n) is 13.2. The lowest BCUT2D eigenvalue weighted by atomic mass is 10.1. The molecule has 1 aromatic carbocycles. The third-order valence-corrected chi connectivity index (χ3v) is 3.79. The van der Waals surface area contributed by atoms with E-state index >= 15 is 0 Å². The Hall–Kier alpha value is -3.02. The van der Waals surface area contributed by atoms with Crippen LogP contribution in [0.2, 0.25) is 0 Å². The molecule has 0 fully saturated rings. The monoisotopic (exact) mass is 304 g/mol. The van der Waals surface area contributed by atoms with E-state index in [4.69, 9.17) is 0 Å². The molecule has 3 aromatic heterocycles. The molecule has 6 heteroatoms. The standard InChI is InChI=1S/C17H16N6/c1-11-4-6-14(7-5-11)17-19-18-15-8-9-16(21-23(15)17)22-13(3)10-12(2)20-22/h4-10H,1-3H3. The minimum atomic E-state index is 0.714. The topological polar surface area (TPSA) is 60.9 Å². The lowest BCUT2D eigenvalue weighted by molar-refractivity contribution is 0.767. The molecule has 0 atom stereocenters.